The number of aryl methyl sites for hydroxylation is 2. The van der Waals surface area contributed by atoms with Crippen LogP contribution in [0.15, 0.2) is 33.6 Å². The van der Waals surface area contributed by atoms with Crippen molar-refractivity contribution >= 4 is 40.9 Å². The van der Waals surface area contributed by atoms with E-state index in [1.165, 1.54) is 6.08 Å². The molecular weight excluding hydrogens is 410 g/mol. The van der Waals surface area contributed by atoms with Crippen LogP contribution in [0.2, 0.25) is 0 Å². The number of carboxylic acid groups (broad SMARTS) is 1. The summed E-state index contributed by atoms with van der Waals surface area (Å²) in [6.07, 6.45) is 1.44. The summed E-state index contributed by atoms with van der Waals surface area (Å²) in [5.74, 6) is -1.39. The Labute approximate surface area is 176 Å². The van der Waals surface area contributed by atoms with Gasteiger partial charge in [-0.3, -0.25) is 19.3 Å². The lowest BCUT2D eigenvalue weighted by atomic mass is 9.98. The van der Waals surface area contributed by atoms with E-state index in [1.54, 1.807) is 45.0 Å². The van der Waals surface area contributed by atoms with Gasteiger partial charge in [-0.25, -0.2) is 4.79 Å². The Morgan fingerprint density at radius 2 is 1.93 bits per heavy atom. The second-order valence-electron chi connectivity index (χ2n) is 6.56. The molecule has 1 aromatic carbocycles. The molecule has 0 saturated carbocycles. The van der Waals surface area contributed by atoms with E-state index in [0.29, 0.717) is 17.1 Å². The average Bonchev–Trinajstić information content (AvgIpc) is 3.24. The lowest BCUT2D eigenvalue weighted by Gasteiger charge is -2.10. The van der Waals surface area contributed by atoms with E-state index >= 15 is 0 Å². The Bertz CT molecular complexity index is 1080. The van der Waals surface area contributed by atoms with Crippen LogP contribution in [0.1, 0.15) is 34.2 Å². The number of amides is 2. The topological polar surface area (TPSA) is 114 Å². The molecule has 1 aromatic heterocycles. The highest BCUT2D eigenvalue weighted by molar-refractivity contribution is 8.18. The fourth-order valence-electron chi connectivity index (χ4n) is 2.99. The van der Waals surface area contributed by atoms with Crippen molar-refractivity contribution in [2.75, 3.05) is 13.2 Å². The van der Waals surface area contributed by atoms with Gasteiger partial charge in [-0.1, -0.05) is 0 Å². The number of aromatic carboxylic acids is 1. The SMILES string of the molecule is CCOC(=O)CN1C(=O)S/C(=C\c2ccc(-c3cc(C)c(C(=O)O)cc3C)o2)C1=O. The largest absolute Gasteiger partial charge is 0.478 e. The molecule has 0 aliphatic carbocycles. The monoisotopic (exact) mass is 429 g/mol. The van der Waals surface area contributed by atoms with E-state index in [4.69, 9.17) is 9.15 Å². The highest BCUT2D eigenvalue weighted by Crippen LogP contribution is 2.34. The molecule has 2 heterocycles. The molecule has 3 rings (SSSR count). The van der Waals surface area contributed by atoms with Crippen molar-refractivity contribution in [3.8, 4) is 11.3 Å². The van der Waals surface area contributed by atoms with E-state index in [0.717, 1.165) is 27.8 Å². The number of thioether (sulfide) groups is 1. The second kappa shape index (κ2) is 8.58. The number of hydrogen-bond donors (Lipinski definition) is 1. The van der Waals surface area contributed by atoms with Crippen LogP contribution < -0.4 is 0 Å². The summed E-state index contributed by atoms with van der Waals surface area (Å²) in [4.78, 5) is 48.3. The van der Waals surface area contributed by atoms with Crippen molar-refractivity contribution in [3.05, 3.63) is 51.6 Å². The molecule has 30 heavy (non-hydrogen) atoms. The number of carbonyl (C=O) groups excluding carboxylic acids is 3. The first-order valence-corrected chi connectivity index (χ1v) is 9.88. The minimum absolute atomic E-state index is 0.138. The average molecular weight is 429 g/mol. The summed E-state index contributed by atoms with van der Waals surface area (Å²) < 4.78 is 10.6. The van der Waals surface area contributed by atoms with Gasteiger partial charge in [0.05, 0.1) is 17.1 Å². The second-order valence-corrected chi connectivity index (χ2v) is 7.56. The number of rotatable bonds is 6. The molecule has 0 radical (unpaired) electrons. The van der Waals surface area contributed by atoms with Crippen LogP contribution >= 0.6 is 11.8 Å². The highest BCUT2D eigenvalue weighted by atomic mass is 32.2. The molecule has 2 amide bonds. The molecule has 0 atom stereocenters. The first-order valence-electron chi connectivity index (χ1n) is 9.07. The first-order chi connectivity index (χ1) is 14.2. The summed E-state index contributed by atoms with van der Waals surface area (Å²) in [5, 5.41) is 8.69. The Morgan fingerprint density at radius 3 is 2.60 bits per heavy atom. The molecule has 0 spiro atoms. The maximum Gasteiger partial charge on any atom is 0.335 e. The highest BCUT2D eigenvalue weighted by Gasteiger charge is 2.36. The van der Waals surface area contributed by atoms with Crippen LogP contribution in [0, 0.1) is 13.8 Å². The number of carboxylic acids is 1. The number of hydrogen-bond acceptors (Lipinski definition) is 7. The van der Waals surface area contributed by atoms with Crippen molar-refractivity contribution in [3.63, 3.8) is 0 Å². The molecule has 1 fully saturated rings. The van der Waals surface area contributed by atoms with Crippen LogP contribution in [-0.2, 0) is 14.3 Å². The molecule has 1 aliphatic heterocycles. The molecule has 1 saturated heterocycles. The zero-order valence-electron chi connectivity index (χ0n) is 16.6. The maximum absolute atomic E-state index is 12.4. The number of ether oxygens (including phenoxy) is 1. The molecule has 1 aliphatic rings. The lowest BCUT2D eigenvalue weighted by molar-refractivity contribution is -0.145. The van der Waals surface area contributed by atoms with Gasteiger partial charge in [0.1, 0.15) is 18.1 Å². The van der Waals surface area contributed by atoms with Gasteiger partial charge in [0.25, 0.3) is 11.1 Å². The molecule has 9 heteroatoms. The van der Waals surface area contributed by atoms with Crippen molar-refractivity contribution in [1.29, 1.82) is 0 Å². The van der Waals surface area contributed by atoms with Crippen molar-refractivity contribution < 1.29 is 33.4 Å². The summed E-state index contributed by atoms with van der Waals surface area (Å²) in [7, 11) is 0. The van der Waals surface area contributed by atoms with E-state index in [1.807, 2.05) is 0 Å². The standard InChI is InChI=1S/C21H19NO7S/c1-4-28-18(23)10-22-19(24)17(30-21(22)27)9-13-5-6-16(29-13)14-7-12(3)15(20(25)26)8-11(14)2/h5-9H,4,10H2,1-3H3,(H,25,26)/b17-9-. The predicted octanol–water partition coefficient (Wildman–Crippen LogP) is 3.86. The van der Waals surface area contributed by atoms with Crippen LogP contribution in [0.4, 0.5) is 4.79 Å². The molecule has 2 aromatic rings. The van der Waals surface area contributed by atoms with Crippen LogP contribution in [-0.4, -0.2) is 46.2 Å². The fourth-order valence-corrected chi connectivity index (χ4v) is 3.81. The number of benzene rings is 1. The molecule has 0 unspecified atom stereocenters. The third-order valence-corrected chi connectivity index (χ3v) is 5.34. The van der Waals surface area contributed by atoms with Crippen LogP contribution in [0.5, 0.6) is 0 Å². The number of imide groups is 1. The molecule has 1 N–H and O–H groups in total. The minimum Gasteiger partial charge on any atom is -0.478 e. The van der Waals surface area contributed by atoms with Crippen LogP contribution in [0.3, 0.4) is 0 Å². The van der Waals surface area contributed by atoms with E-state index < -0.39 is 29.6 Å². The van der Waals surface area contributed by atoms with Crippen molar-refractivity contribution in [2.24, 2.45) is 0 Å². The van der Waals surface area contributed by atoms with E-state index in [-0.39, 0.29) is 17.1 Å². The quantitative estimate of drug-likeness (QED) is 0.544. The van der Waals surface area contributed by atoms with Crippen molar-refractivity contribution in [1.82, 2.24) is 4.90 Å². The summed E-state index contributed by atoms with van der Waals surface area (Å²) in [6, 6.07) is 6.66. The smallest absolute Gasteiger partial charge is 0.335 e. The predicted molar refractivity (Wildman–Crippen MR) is 110 cm³/mol. The van der Waals surface area contributed by atoms with Gasteiger partial charge in [-0.2, -0.15) is 0 Å². The first kappa shape index (κ1) is 21.4. The zero-order valence-corrected chi connectivity index (χ0v) is 17.4. The van der Waals surface area contributed by atoms with Gasteiger partial charge in [-0.05, 0) is 67.9 Å². The van der Waals surface area contributed by atoms with Crippen LogP contribution in [0.25, 0.3) is 17.4 Å². The summed E-state index contributed by atoms with van der Waals surface area (Å²) >= 11 is 0.718. The van der Waals surface area contributed by atoms with Gasteiger partial charge in [0.2, 0.25) is 0 Å². The number of esters is 1. The summed E-state index contributed by atoms with van der Waals surface area (Å²) in [5.41, 5.74) is 2.28. The summed E-state index contributed by atoms with van der Waals surface area (Å²) in [6.45, 7) is 4.85. The minimum atomic E-state index is -0.999. The van der Waals surface area contributed by atoms with Gasteiger partial charge in [-0.15, -0.1) is 0 Å². The van der Waals surface area contributed by atoms with Gasteiger partial charge >= 0.3 is 11.9 Å². The maximum atomic E-state index is 12.4. The van der Waals surface area contributed by atoms with E-state index in [2.05, 4.69) is 0 Å². The molecule has 156 valence electrons. The molecule has 0 bridgehead atoms. The lowest BCUT2D eigenvalue weighted by Crippen LogP contribution is -2.34. The van der Waals surface area contributed by atoms with Gasteiger partial charge in [0, 0.05) is 11.6 Å². The van der Waals surface area contributed by atoms with Gasteiger partial charge < -0.3 is 14.3 Å². The zero-order chi connectivity index (χ0) is 22.0. The molecular formula is C21H19NO7S. The number of nitrogens with zero attached hydrogens (tertiary/aromatic N) is 1. The number of carbonyl (C=O) groups is 4. The number of furan rings is 1. The van der Waals surface area contributed by atoms with E-state index in [9.17, 15) is 24.3 Å². The third kappa shape index (κ3) is 4.30. The Hall–Kier alpha value is -3.33. The van der Waals surface area contributed by atoms with Crippen molar-refractivity contribution in [2.45, 2.75) is 20.8 Å². The van der Waals surface area contributed by atoms with Gasteiger partial charge in [0.15, 0.2) is 0 Å². The Kier molecular flexibility index (Phi) is 6.12. The normalized spacial score (nSPS) is 15.2. The Morgan fingerprint density at radius 1 is 1.20 bits per heavy atom. The fraction of sp³-hybridized carbons (Fsp3) is 0.238. The molecule has 8 nitrogen and oxygen atoms in total. The third-order valence-electron chi connectivity index (χ3n) is 4.43. The Balaban J connectivity index is 1.84.